The van der Waals surface area contributed by atoms with Crippen molar-refractivity contribution in [2.75, 3.05) is 37.7 Å². The predicted octanol–water partition coefficient (Wildman–Crippen LogP) is 1.57. The van der Waals surface area contributed by atoms with Gasteiger partial charge in [-0.05, 0) is 49.8 Å². The highest BCUT2D eigenvalue weighted by Gasteiger charge is 2.15. The molecule has 25 heavy (non-hydrogen) atoms. The molecule has 3 N–H and O–H groups in total. The number of hydrogen-bond acceptors (Lipinski definition) is 6. The number of likely N-dealkylation sites (N-methyl/N-ethyl adjacent to an activating group) is 1. The summed E-state index contributed by atoms with van der Waals surface area (Å²) in [5.41, 5.74) is 3.71. The zero-order valence-corrected chi connectivity index (χ0v) is 14.7. The Bertz CT molecular complexity index is 690. The monoisotopic (exact) mass is 343 g/mol. The molecule has 1 aromatic carbocycles. The fourth-order valence-electron chi connectivity index (χ4n) is 2.57. The molecule has 0 amide bonds. The number of anilines is 1. The Morgan fingerprint density at radius 1 is 1.12 bits per heavy atom. The number of benzene rings is 1. The van der Waals surface area contributed by atoms with E-state index in [0.717, 1.165) is 17.9 Å². The minimum Gasteiger partial charge on any atom is -0.395 e. The van der Waals surface area contributed by atoms with Crippen LogP contribution in [0.25, 0.3) is 0 Å². The van der Waals surface area contributed by atoms with Crippen LogP contribution >= 0.6 is 0 Å². The Hall–Kier alpha value is -2.44. The molecule has 0 saturated heterocycles. The quantitative estimate of drug-likeness (QED) is 0.624. The van der Waals surface area contributed by atoms with Crippen molar-refractivity contribution in [3.8, 4) is 0 Å². The standard InChI is InChI=1S/C19H25N3O3/c1-3-22(9-11-24)16-6-4-15(5-7-16)21-18-12-14(2)19(25)13-17(18)20-8-10-23/h4-7,12-13,20,23-24H,3,8-11H2,1-2H3/b21-18-. The van der Waals surface area contributed by atoms with E-state index in [4.69, 9.17) is 10.2 Å². The van der Waals surface area contributed by atoms with E-state index in [9.17, 15) is 4.79 Å². The average Bonchev–Trinajstić information content (AvgIpc) is 2.62. The molecule has 0 aromatic heterocycles. The van der Waals surface area contributed by atoms with Crippen LogP contribution in [0.2, 0.25) is 0 Å². The van der Waals surface area contributed by atoms with Crippen LogP contribution in [0.5, 0.6) is 0 Å². The van der Waals surface area contributed by atoms with E-state index in [1.54, 1.807) is 13.0 Å². The van der Waals surface area contributed by atoms with Gasteiger partial charge in [-0.15, -0.1) is 0 Å². The number of ketones is 1. The molecule has 134 valence electrons. The molecule has 0 aliphatic heterocycles. The molecular weight excluding hydrogens is 318 g/mol. The van der Waals surface area contributed by atoms with Gasteiger partial charge < -0.3 is 20.4 Å². The van der Waals surface area contributed by atoms with Crippen molar-refractivity contribution in [2.45, 2.75) is 13.8 Å². The molecule has 0 radical (unpaired) electrons. The zero-order chi connectivity index (χ0) is 18.2. The third-order valence-electron chi connectivity index (χ3n) is 3.94. The molecule has 2 rings (SSSR count). The van der Waals surface area contributed by atoms with Gasteiger partial charge in [0.1, 0.15) is 0 Å². The Kier molecular flexibility index (Phi) is 6.91. The number of aliphatic hydroxyl groups is 2. The number of rotatable bonds is 8. The van der Waals surface area contributed by atoms with Crippen molar-refractivity contribution in [3.05, 3.63) is 47.7 Å². The van der Waals surface area contributed by atoms with Crippen molar-refractivity contribution in [2.24, 2.45) is 4.99 Å². The van der Waals surface area contributed by atoms with Crippen LogP contribution in [0.4, 0.5) is 11.4 Å². The molecule has 0 fully saturated rings. The summed E-state index contributed by atoms with van der Waals surface area (Å²) in [7, 11) is 0. The fourth-order valence-corrected chi connectivity index (χ4v) is 2.57. The Morgan fingerprint density at radius 3 is 2.44 bits per heavy atom. The van der Waals surface area contributed by atoms with Crippen molar-refractivity contribution in [3.63, 3.8) is 0 Å². The lowest BCUT2D eigenvalue weighted by atomic mass is 10.0. The number of aliphatic hydroxyl groups excluding tert-OH is 2. The van der Waals surface area contributed by atoms with E-state index in [1.165, 1.54) is 6.08 Å². The summed E-state index contributed by atoms with van der Waals surface area (Å²) in [4.78, 5) is 18.5. The molecule has 6 heteroatoms. The Balaban J connectivity index is 2.24. The molecule has 0 unspecified atom stereocenters. The van der Waals surface area contributed by atoms with Gasteiger partial charge in [0, 0.05) is 31.4 Å². The Labute approximate surface area is 148 Å². The first-order valence-electron chi connectivity index (χ1n) is 8.43. The van der Waals surface area contributed by atoms with Gasteiger partial charge in [-0.25, -0.2) is 4.99 Å². The van der Waals surface area contributed by atoms with Crippen molar-refractivity contribution in [1.29, 1.82) is 0 Å². The van der Waals surface area contributed by atoms with Gasteiger partial charge >= 0.3 is 0 Å². The van der Waals surface area contributed by atoms with Crippen LogP contribution in [0.15, 0.2) is 52.7 Å². The molecule has 1 aromatic rings. The summed E-state index contributed by atoms with van der Waals surface area (Å²) in [5.74, 6) is -0.0580. The maximum atomic E-state index is 11.9. The van der Waals surface area contributed by atoms with E-state index in [0.29, 0.717) is 30.1 Å². The highest BCUT2D eigenvalue weighted by atomic mass is 16.3. The molecule has 0 spiro atoms. The van der Waals surface area contributed by atoms with Crippen LogP contribution in [0.1, 0.15) is 13.8 Å². The second kappa shape index (κ2) is 9.15. The number of allylic oxidation sites excluding steroid dienone is 3. The largest absolute Gasteiger partial charge is 0.395 e. The topological polar surface area (TPSA) is 85.2 Å². The number of nitrogens with zero attached hydrogens (tertiary/aromatic N) is 2. The van der Waals surface area contributed by atoms with E-state index in [1.807, 2.05) is 31.2 Å². The molecular formula is C19H25N3O3. The number of hydrogen-bond donors (Lipinski definition) is 3. The first-order chi connectivity index (χ1) is 12.1. The van der Waals surface area contributed by atoms with Crippen LogP contribution < -0.4 is 10.2 Å². The van der Waals surface area contributed by atoms with E-state index < -0.39 is 0 Å². The lowest BCUT2D eigenvalue weighted by Crippen LogP contribution is -2.26. The molecule has 0 atom stereocenters. The summed E-state index contributed by atoms with van der Waals surface area (Å²) in [6.07, 6.45) is 3.26. The van der Waals surface area contributed by atoms with Gasteiger partial charge in [0.25, 0.3) is 0 Å². The fraction of sp³-hybridized carbons (Fsp3) is 0.368. The summed E-state index contributed by atoms with van der Waals surface area (Å²) >= 11 is 0. The summed E-state index contributed by atoms with van der Waals surface area (Å²) in [6.45, 7) is 5.66. The van der Waals surface area contributed by atoms with Gasteiger partial charge in [0.05, 0.1) is 30.3 Å². The Morgan fingerprint density at radius 2 is 1.84 bits per heavy atom. The third-order valence-corrected chi connectivity index (χ3v) is 3.94. The van der Waals surface area contributed by atoms with Gasteiger partial charge in [-0.3, -0.25) is 4.79 Å². The molecule has 0 bridgehead atoms. The summed E-state index contributed by atoms with van der Waals surface area (Å²) < 4.78 is 0. The van der Waals surface area contributed by atoms with E-state index in [-0.39, 0.29) is 19.0 Å². The average molecular weight is 343 g/mol. The van der Waals surface area contributed by atoms with Crippen molar-refractivity contribution in [1.82, 2.24) is 5.32 Å². The second-order valence-corrected chi connectivity index (χ2v) is 5.72. The first-order valence-corrected chi connectivity index (χ1v) is 8.43. The lowest BCUT2D eigenvalue weighted by molar-refractivity contribution is -0.111. The molecule has 0 heterocycles. The molecule has 1 aliphatic rings. The minimum atomic E-state index is -0.0580. The SMILES string of the molecule is CCN(CCO)c1ccc(/N=C2/C=C(C)C(=O)C=C2NCCO)cc1. The van der Waals surface area contributed by atoms with Gasteiger partial charge in [-0.2, -0.15) is 0 Å². The molecule has 1 aliphatic carbocycles. The second-order valence-electron chi connectivity index (χ2n) is 5.72. The molecule has 6 nitrogen and oxygen atoms in total. The minimum absolute atomic E-state index is 0.0199. The van der Waals surface area contributed by atoms with Crippen LogP contribution in [0.3, 0.4) is 0 Å². The smallest absolute Gasteiger partial charge is 0.183 e. The number of nitrogens with one attached hydrogen (secondary N) is 1. The summed E-state index contributed by atoms with van der Waals surface area (Å²) in [5, 5.41) is 21.1. The van der Waals surface area contributed by atoms with Crippen molar-refractivity contribution < 1.29 is 15.0 Å². The van der Waals surface area contributed by atoms with Gasteiger partial charge in [0.2, 0.25) is 0 Å². The predicted molar refractivity (Wildman–Crippen MR) is 100 cm³/mol. The molecule has 0 saturated carbocycles. The van der Waals surface area contributed by atoms with Gasteiger partial charge in [-0.1, -0.05) is 0 Å². The van der Waals surface area contributed by atoms with E-state index in [2.05, 4.69) is 15.2 Å². The van der Waals surface area contributed by atoms with Gasteiger partial charge in [0.15, 0.2) is 5.78 Å². The van der Waals surface area contributed by atoms with Crippen LogP contribution in [0, 0.1) is 0 Å². The maximum Gasteiger partial charge on any atom is 0.183 e. The number of aliphatic imine (C=N–C) groups is 1. The number of carbonyl (C=O) groups is 1. The van der Waals surface area contributed by atoms with Crippen LogP contribution in [-0.4, -0.2) is 54.6 Å². The maximum absolute atomic E-state index is 11.9. The van der Waals surface area contributed by atoms with Crippen molar-refractivity contribution >= 4 is 22.9 Å². The highest BCUT2D eigenvalue weighted by Crippen LogP contribution is 2.22. The zero-order valence-electron chi connectivity index (χ0n) is 14.7. The third kappa shape index (κ3) is 5.01. The normalized spacial score (nSPS) is 15.8. The first kappa shape index (κ1) is 18.9. The van der Waals surface area contributed by atoms with Crippen LogP contribution in [-0.2, 0) is 4.79 Å². The number of carbonyl (C=O) groups excluding carboxylic acids is 1. The lowest BCUT2D eigenvalue weighted by Gasteiger charge is -2.22. The highest BCUT2D eigenvalue weighted by molar-refractivity contribution is 6.22. The summed E-state index contributed by atoms with van der Waals surface area (Å²) in [6, 6.07) is 7.75. The van der Waals surface area contributed by atoms with E-state index >= 15 is 0 Å².